The number of furan rings is 1. The number of aromatic nitrogens is 1. The van der Waals surface area contributed by atoms with Crippen molar-refractivity contribution < 1.29 is 13.4 Å². The van der Waals surface area contributed by atoms with Crippen LogP contribution < -0.4 is 5.73 Å². The number of hydrogen-bond donors (Lipinski definition) is 1. The van der Waals surface area contributed by atoms with Gasteiger partial charge < -0.3 is 15.1 Å². The highest BCUT2D eigenvalue weighted by Gasteiger charge is 2.28. The summed E-state index contributed by atoms with van der Waals surface area (Å²) in [5.74, 6) is 0.549. The van der Waals surface area contributed by atoms with E-state index in [2.05, 4.69) is 4.98 Å². The third-order valence-corrected chi connectivity index (χ3v) is 4.14. The first-order valence-electron chi connectivity index (χ1n) is 5.43. The van der Waals surface area contributed by atoms with E-state index >= 15 is 0 Å². The monoisotopic (exact) mass is 265 g/mol. The molecular formula is C11H11N3O3S. The number of nitrogens with two attached hydrogens (primary N) is 1. The van der Waals surface area contributed by atoms with E-state index in [9.17, 15) is 9.00 Å². The topological polar surface area (TPSA) is 89.4 Å². The molecule has 0 saturated carbocycles. The molecule has 3 rings (SSSR count). The molecular weight excluding hydrogens is 254 g/mol. The number of nitrogens with zero attached hydrogens (tertiary/aromatic N) is 2. The largest absolute Gasteiger partial charge is 0.449 e. The van der Waals surface area contributed by atoms with Crippen molar-refractivity contribution in [3.8, 4) is 0 Å². The predicted molar refractivity (Wildman–Crippen MR) is 67.3 cm³/mol. The van der Waals surface area contributed by atoms with Gasteiger partial charge in [0.05, 0.1) is 17.0 Å². The molecule has 2 aromatic rings. The summed E-state index contributed by atoms with van der Waals surface area (Å²) in [6.45, 7) is 0.472. The number of anilines is 1. The number of carbonyl (C=O) groups excluding carboxylic acids is 1. The summed E-state index contributed by atoms with van der Waals surface area (Å²) in [5.41, 5.74) is 6.71. The molecule has 0 spiro atoms. The van der Waals surface area contributed by atoms with Crippen LogP contribution in [0.1, 0.15) is 10.6 Å². The molecule has 2 aromatic heterocycles. The van der Waals surface area contributed by atoms with E-state index in [4.69, 9.17) is 10.2 Å². The normalized spacial score (nSPS) is 19.6. The highest BCUT2D eigenvalue weighted by Crippen LogP contribution is 2.28. The van der Waals surface area contributed by atoms with Gasteiger partial charge in [-0.15, -0.1) is 0 Å². The third kappa shape index (κ3) is 1.67. The van der Waals surface area contributed by atoms with Crippen molar-refractivity contribution >= 4 is 33.4 Å². The number of pyridine rings is 1. The zero-order chi connectivity index (χ0) is 12.7. The lowest BCUT2D eigenvalue weighted by Crippen LogP contribution is -2.28. The highest BCUT2D eigenvalue weighted by molar-refractivity contribution is 7.85. The fraction of sp³-hybridized carbons (Fsp3) is 0.273. The molecule has 1 amide bonds. The number of carbonyl (C=O) groups is 1. The summed E-state index contributed by atoms with van der Waals surface area (Å²) in [5, 5.41) is 0.626. The van der Waals surface area contributed by atoms with Crippen molar-refractivity contribution in [1.82, 2.24) is 9.88 Å². The minimum Gasteiger partial charge on any atom is -0.449 e. The van der Waals surface area contributed by atoms with Crippen LogP contribution in [0.2, 0.25) is 0 Å². The fourth-order valence-electron chi connectivity index (χ4n) is 1.94. The summed E-state index contributed by atoms with van der Waals surface area (Å²) >= 11 is 0. The zero-order valence-corrected chi connectivity index (χ0v) is 10.3. The average molecular weight is 265 g/mol. The van der Waals surface area contributed by atoms with Crippen molar-refractivity contribution in [2.75, 3.05) is 23.9 Å². The molecule has 0 aliphatic carbocycles. The van der Waals surface area contributed by atoms with E-state index in [1.165, 1.54) is 4.90 Å². The van der Waals surface area contributed by atoms with E-state index in [0.717, 1.165) is 0 Å². The Morgan fingerprint density at radius 3 is 3.06 bits per heavy atom. The second-order valence-electron chi connectivity index (χ2n) is 4.06. The van der Waals surface area contributed by atoms with Crippen LogP contribution in [0.25, 0.3) is 11.0 Å². The third-order valence-electron chi connectivity index (χ3n) is 2.90. The SMILES string of the molecule is Nc1c(C(=O)N2CCS(=O)C2)oc2ccncc12. The van der Waals surface area contributed by atoms with Crippen LogP contribution in [0.3, 0.4) is 0 Å². The first-order chi connectivity index (χ1) is 8.66. The summed E-state index contributed by atoms with van der Waals surface area (Å²) in [7, 11) is -0.961. The maximum Gasteiger partial charge on any atom is 0.292 e. The van der Waals surface area contributed by atoms with Crippen molar-refractivity contribution in [1.29, 1.82) is 0 Å². The van der Waals surface area contributed by atoms with E-state index in [1.807, 2.05) is 0 Å². The molecule has 1 fully saturated rings. The fourth-order valence-corrected chi connectivity index (χ4v) is 3.08. The first kappa shape index (κ1) is 11.2. The second kappa shape index (κ2) is 4.09. The van der Waals surface area contributed by atoms with Crippen LogP contribution in [0.15, 0.2) is 22.9 Å². The average Bonchev–Trinajstić information content (AvgIpc) is 2.94. The minimum atomic E-state index is -0.961. The van der Waals surface area contributed by atoms with Crippen LogP contribution in [-0.2, 0) is 10.8 Å². The molecule has 3 heterocycles. The predicted octanol–water partition coefficient (Wildman–Crippen LogP) is 0.572. The number of rotatable bonds is 1. The number of amides is 1. The standard InChI is InChI=1S/C11H11N3O3S/c12-9-7-5-13-2-1-8(7)17-10(9)11(15)14-3-4-18(16)6-14/h1-2,5H,3-4,6,12H2. The van der Waals surface area contributed by atoms with Crippen molar-refractivity contribution in [2.24, 2.45) is 0 Å². The van der Waals surface area contributed by atoms with Crippen LogP contribution in [0.5, 0.6) is 0 Å². The van der Waals surface area contributed by atoms with Gasteiger partial charge in [-0.3, -0.25) is 14.0 Å². The van der Waals surface area contributed by atoms with Crippen molar-refractivity contribution in [3.05, 3.63) is 24.2 Å². The molecule has 94 valence electrons. The summed E-state index contributed by atoms with van der Waals surface area (Å²) in [6, 6.07) is 1.66. The quantitative estimate of drug-likeness (QED) is 0.814. The van der Waals surface area contributed by atoms with Gasteiger partial charge in [-0.1, -0.05) is 0 Å². The Hall–Kier alpha value is -1.89. The zero-order valence-electron chi connectivity index (χ0n) is 9.46. The van der Waals surface area contributed by atoms with Gasteiger partial charge >= 0.3 is 0 Å². The van der Waals surface area contributed by atoms with Gasteiger partial charge in [-0.05, 0) is 6.07 Å². The van der Waals surface area contributed by atoms with Crippen molar-refractivity contribution in [3.63, 3.8) is 0 Å². The Morgan fingerprint density at radius 1 is 1.56 bits per heavy atom. The molecule has 0 radical (unpaired) electrons. The minimum absolute atomic E-state index is 0.108. The van der Waals surface area contributed by atoms with Gasteiger partial charge in [-0.25, -0.2) is 0 Å². The van der Waals surface area contributed by atoms with E-state index in [0.29, 0.717) is 29.0 Å². The lowest BCUT2D eigenvalue weighted by molar-refractivity contribution is 0.0774. The number of hydrogen-bond acceptors (Lipinski definition) is 5. The van der Waals surface area contributed by atoms with Crippen molar-refractivity contribution in [2.45, 2.75) is 0 Å². The molecule has 1 aliphatic heterocycles. The Kier molecular flexibility index (Phi) is 2.55. The summed E-state index contributed by atoms with van der Waals surface area (Å²) in [6.07, 6.45) is 3.14. The molecule has 7 heteroatoms. The lowest BCUT2D eigenvalue weighted by Gasteiger charge is -2.11. The van der Waals surface area contributed by atoms with E-state index in [-0.39, 0.29) is 17.5 Å². The van der Waals surface area contributed by atoms with E-state index in [1.54, 1.807) is 18.5 Å². The second-order valence-corrected chi connectivity index (χ2v) is 5.60. The van der Waals surface area contributed by atoms with Crippen LogP contribution in [0.4, 0.5) is 5.69 Å². The Labute approximate surface area is 105 Å². The van der Waals surface area contributed by atoms with Gasteiger partial charge in [0.2, 0.25) is 5.76 Å². The molecule has 6 nitrogen and oxygen atoms in total. The highest BCUT2D eigenvalue weighted by atomic mass is 32.2. The van der Waals surface area contributed by atoms with Crippen LogP contribution in [0, 0.1) is 0 Å². The Morgan fingerprint density at radius 2 is 2.39 bits per heavy atom. The van der Waals surface area contributed by atoms with Gasteiger partial charge in [0.15, 0.2) is 0 Å². The molecule has 1 atom stereocenters. The maximum absolute atomic E-state index is 12.2. The molecule has 1 aliphatic rings. The van der Waals surface area contributed by atoms with Gasteiger partial charge in [0, 0.05) is 35.5 Å². The van der Waals surface area contributed by atoms with Gasteiger partial charge in [-0.2, -0.15) is 0 Å². The smallest absolute Gasteiger partial charge is 0.292 e. The summed E-state index contributed by atoms with van der Waals surface area (Å²) < 4.78 is 16.7. The molecule has 1 saturated heterocycles. The number of fused-ring (bicyclic) bond motifs is 1. The molecule has 0 aromatic carbocycles. The van der Waals surface area contributed by atoms with Crippen LogP contribution >= 0.6 is 0 Å². The summed E-state index contributed by atoms with van der Waals surface area (Å²) in [4.78, 5) is 17.6. The Balaban J connectivity index is 2.01. The molecule has 18 heavy (non-hydrogen) atoms. The first-order valence-corrected chi connectivity index (χ1v) is 6.92. The molecule has 2 N–H and O–H groups in total. The van der Waals surface area contributed by atoms with Gasteiger partial charge in [0.1, 0.15) is 5.58 Å². The lowest BCUT2D eigenvalue weighted by atomic mass is 10.2. The van der Waals surface area contributed by atoms with Gasteiger partial charge in [0.25, 0.3) is 5.91 Å². The van der Waals surface area contributed by atoms with E-state index < -0.39 is 10.8 Å². The Bertz CT molecular complexity index is 652. The number of nitrogen functional groups attached to an aromatic ring is 1. The molecule has 0 bridgehead atoms. The molecule has 1 unspecified atom stereocenters. The van der Waals surface area contributed by atoms with Crippen LogP contribution in [-0.4, -0.2) is 38.2 Å². The maximum atomic E-state index is 12.2.